The van der Waals surface area contributed by atoms with Crippen molar-refractivity contribution in [2.45, 2.75) is 33.4 Å². The molecule has 0 saturated carbocycles. The molecule has 0 radical (unpaired) electrons. The predicted octanol–water partition coefficient (Wildman–Crippen LogP) is 1.75. The molecular formula is C14H18N4O3. The van der Waals surface area contributed by atoms with E-state index in [2.05, 4.69) is 15.5 Å². The van der Waals surface area contributed by atoms with Gasteiger partial charge in [-0.05, 0) is 35.9 Å². The van der Waals surface area contributed by atoms with Gasteiger partial charge in [-0.3, -0.25) is 4.79 Å². The van der Waals surface area contributed by atoms with Crippen LogP contribution in [0.15, 0.2) is 30.3 Å². The number of para-hydroxylation sites is 1. The Morgan fingerprint density at radius 2 is 2.10 bits per heavy atom. The molecule has 21 heavy (non-hydrogen) atoms. The van der Waals surface area contributed by atoms with Gasteiger partial charge in [-0.1, -0.05) is 25.1 Å². The van der Waals surface area contributed by atoms with Crippen molar-refractivity contribution < 1.29 is 14.6 Å². The van der Waals surface area contributed by atoms with Gasteiger partial charge in [0.2, 0.25) is 0 Å². The van der Waals surface area contributed by atoms with Crippen molar-refractivity contribution in [3.8, 4) is 5.75 Å². The van der Waals surface area contributed by atoms with Gasteiger partial charge in [0.15, 0.2) is 5.82 Å². The molecule has 2 aromatic rings. The lowest BCUT2D eigenvalue weighted by Gasteiger charge is -2.22. The van der Waals surface area contributed by atoms with Crippen LogP contribution in [0.25, 0.3) is 0 Å². The third kappa shape index (κ3) is 3.56. The lowest BCUT2D eigenvalue weighted by Crippen LogP contribution is -2.33. The summed E-state index contributed by atoms with van der Waals surface area (Å²) in [4.78, 5) is 11.4. The highest BCUT2D eigenvalue weighted by Gasteiger charge is 2.33. The third-order valence-electron chi connectivity index (χ3n) is 3.51. The molecule has 0 saturated heterocycles. The number of aromatic nitrogens is 4. The Labute approximate surface area is 122 Å². The molecule has 0 aliphatic heterocycles. The van der Waals surface area contributed by atoms with Gasteiger partial charge in [0.05, 0.1) is 12.0 Å². The van der Waals surface area contributed by atoms with Crippen molar-refractivity contribution >= 4 is 5.97 Å². The molecule has 7 heteroatoms. The van der Waals surface area contributed by atoms with Crippen LogP contribution in [0.4, 0.5) is 0 Å². The predicted molar refractivity (Wildman–Crippen MR) is 74.6 cm³/mol. The Balaban J connectivity index is 2.07. The Morgan fingerprint density at radius 1 is 1.38 bits per heavy atom. The summed E-state index contributed by atoms with van der Waals surface area (Å²) in [6.45, 7) is 3.91. The number of hydrogen-bond acceptors (Lipinski definition) is 5. The van der Waals surface area contributed by atoms with E-state index in [-0.39, 0.29) is 13.2 Å². The highest BCUT2D eigenvalue weighted by Crippen LogP contribution is 2.24. The van der Waals surface area contributed by atoms with E-state index in [0.29, 0.717) is 18.0 Å². The number of carboxylic acid groups (broad SMARTS) is 1. The number of ether oxygens (including phenoxy) is 1. The molecule has 0 bridgehead atoms. The van der Waals surface area contributed by atoms with Crippen LogP contribution >= 0.6 is 0 Å². The fourth-order valence-corrected chi connectivity index (χ4v) is 1.78. The van der Waals surface area contributed by atoms with E-state index < -0.39 is 11.4 Å². The van der Waals surface area contributed by atoms with E-state index >= 15 is 0 Å². The van der Waals surface area contributed by atoms with Crippen LogP contribution < -0.4 is 4.74 Å². The first-order valence-corrected chi connectivity index (χ1v) is 6.71. The van der Waals surface area contributed by atoms with Crippen LogP contribution in [-0.4, -0.2) is 31.3 Å². The molecule has 0 fully saturated rings. The first-order chi connectivity index (χ1) is 10.0. The van der Waals surface area contributed by atoms with E-state index in [9.17, 15) is 9.90 Å². The average Bonchev–Trinajstić information content (AvgIpc) is 2.93. The Bertz CT molecular complexity index is 599. The summed E-state index contributed by atoms with van der Waals surface area (Å²) in [5.41, 5.74) is -0.906. The SMILES string of the molecule is CCC(C)(Cn1nnnc1COc1ccccc1)C(=O)O. The monoisotopic (exact) mass is 290 g/mol. The van der Waals surface area contributed by atoms with Crippen molar-refractivity contribution in [2.75, 3.05) is 0 Å². The second-order valence-corrected chi connectivity index (χ2v) is 5.07. The number of tetrazole rings is 1. The smallest absolute Gasteiger partial charge is 0.311 e. The highest BCUT2D eigenvalue weighted by molar-refractivity contribution is 5.73. The molecule has 1 aromatic heterocycles. The van der Waals surface area contributed by atoms with Crippen molar-refractivity contribution in [2.24, 2.45) is 5.41 Å². The van der Waals surface area contributed by atoms with E-state index in [0.717, 1.165) is 0 Å². The van der Waals surface area contributed by atoms with E-state index in [4.69, 9.17) is 4.74 Å². The molecule has 0 spiro atoms. The minimum absolute atomic E-state index is 0.191. The maximum absolute atomic E-state index is 11.4. The third-order valence-corrected chi connectivity index (χ3v) is 3.51. The molecule has 1 heterocycles. The second-order valence-electron chi connectivity index (χ2n) is 5.07. The van der Waals surface area contributed by atoms with Gasteiger partial charge < -0.3 is 9.84 Å². The summed E-state index contributed by atoms with van der Waals surface area (Å²) >= 11 is 0. The normalized spacial score (nSPS) is 13.6. The van der Waals surface area contributed by atoms with Gasteiger partial charge in [0.25, 0.3) is 0 Å². The maximum Gasteiger partial charge on any atom is 0.311 e. The van der Waals surface area contributed by atoms with Crippen LogP contribution in [0.2, 0.25) is 0 Å². The molecule has 112 valence electrons. The lowest BCUT2D eigenvalue weighted by molar-refractivity contribution is -0.149. The molecule has 0 aliphatic carbocycles. The lowest BCUT2D eigenvalue weighted by atomic mass is 9.88. The van der Waals surface area contributed by atoms with E-state index in [1.54, 1.807) is 6.92 Å². The minimum atomic E-state index is -0.906. The summed E-state index contributed by atoms with van der Waals surface area (Å²) in [7, 11) is 0. The standard InChI is InChI=1S/C14H18N4O3/c1-3-14(2,13(19)20)10-18-12(15-16-17-18)9-21-11-7-5-4-6-8-11/h4-8H,3,9-10H2,1-2H3,(H,19,20). The number of rotatable bonds is 7. The zero-order chi connectivity index (χ0) is 15.3. The van der Waals surface area contributed by atoms with E-state index in [1.165, 1.54) is 4.68 Å². The molecule has 0 amide bonds. The largest absolute Gasteiger partial charge is 0.486 e. The molecule has 7 nitrogen and oxygen atoms in total. The summed E-state index contributed by atoms with van der Waals surface area (Å²) in [5.74, 6) is 0.346. The maximum atomic E-state index is 11.4. The number of aliphatic carboxylic acids is 1. The van der Waals surface area contributed by atoms with Gasteiger partial charge in [0, 0.05) is 0 Å². The van der Waals surface area contributed by atoms with Crippen LogP contribution in [0.5, 0.6) is 5.75 Å². The summed E-state index contributed by atoms with van der Waals surface area (Å²) in [5, 5.41) is 20.7. The van der Waals surface area contributed by atoms with Crippen LogP contribution in [0.3, 0.4) is 0 Å². The molecule has 1 atom stereocenters. The van der Waals surface area contributed by atoms with Crippen LogP contribution in [-0.2, 0) is 17.9 Å². The Morgan fingerprint density at radius 3 is 2.71 bits per heavy atom. The van der Waals surface area contributed by atoms with Crippen LogP contribution in [0, 0.1) is 5.41 Å². The highest BCUT2D eigenvalue weighted by atomic mass is 16.5. The molecule has 0 aliphatic rings. The minimum Gasteiger partial charge on any atom is -0.486 e. The fourth-order valence-electron chi connectivity index (χ4n) is 1.78. The van der Waals surface area contributed by atoms with Crippen LogP contribution in [0.1, 0.15) is 26.1 Å². The average molecular weight is 290 g/mol. The molecule has 2 rings (SSSR count). The zero-order valence-corrected chi connectivity index (χ0v) is 12.1. The van der Waals surface area contributed by atoms with Gasteiger partial charge >= 0.3 is 5.97 Å². The van der Waals surface area contributed by atoms with Crippen molar-refractivity contribution in [1.29, 1.82) is 0 Å². The van der Waals surface area contributed by atoms with E-state index in [1.807, 2.05) is 37.3 Å². The molecule has 1 unspecified atom stereocenters. The first-order valence-electron chi connectivity index (χ1n) is 6.71. The number of hydrogen-bond donors (Lipinski definition) is 1. The van der Waals surface area contributed by atoms with Gasteiger partial charge in [-0.25, -0.2) is 4.68 Å². The summed E-state index contributed by atoms with van der Waals surface area (Å²) in [6, 6.07) is 9.31. The van der Waals surface area contributed by atoms with Gasteiger partial charge in [0.1, 0.15) is 12.4 Å². The number of carbonyl (C=O) groups is 1. The van der Waals surface area contributed by atoms with Crippen molar-refractivity contribution in [3.63, 3.8) is 0 Å². The molecular weight excluding hydrogens is 272 g/mol. The topological polar surface area (TPSA) is 90.1 Å². The van der Waals surface area contributed by atoms with Gasteiger partial charge in [-0.15, -0.1) is 5.10 Å². The first kappa shape index (κ1) is 15.0. The second kappa shape index (κ2) is 6.34. The number of nitrogens with zero attached hydrogens (tertiary/aromatic N) is 4. The zero-order valence-electron chi connectivity index (χ0n) is 12.1. The Hall–Kier alpha value is -2.44. The van der Waals surface area contributed by atoms with Crippen molar-refractivity contribution in [1.82, 2.24) is 20.2 Å². The molecule has 1 aromatic carbocycles. The molecule has 1 N–H and O–H groups in total. The quantitative estimate of drug-likeness (QED) is 0.835. The van der Waals surface area contributed by atoms with Crippen molar-refractivity contribution in [3.05, 3.63) is 36.2 Å². The fraction of sp³-hybridized carbons (Fsp3) is 0.429. The summed E-state index contributed by atoms with van der Waals surface area (Å²) < 4.78 is 7.08. The Kier molecular flexibility index (Phi) is 4.52. The summed E-state index contributed by atoms with van der Waals surface area (Å²) in [6.07, 6.45) is 0.487. The van der Waals surface area contributed by atoms with Gasteiger partial charge in [-0.2, -0.15) is 0 Å². The number of benzene rings is 1. The number of carboxylic acids is 1.